The van der Waals surface area contributed by atoms with Gasteiger partial charge in [-0.2, -0.15) is 0 Å². The van der Waals surface area contributed by atoms with Gasteiger partial charge in [-0.05, 0) is 0 Å². The zero-order chi connectivity index (χ0) is 4.71. The molecule has 0 saturated carbocycles. The van der Waals surface area contributed by atoms with Crippen molar-refractivity contribution in [2.24, 2.45) is 11.7 Å². The summed E-state index contributed by atoms with van der Waals surface area (Å²) in [5.41, 5.74) is 11.0. The van der Waals surface area contributed by atoms with Crippen LogP contribution in [-0.4, -0.2) is 0 Å². The summed E-state index contributed by atoms with van der Waals surface area (Å²) in [5.74, 6) is 8.00. The van der Waals surface area contributed by atoms with Gasteiger partial charge in [0.2, 0.25) is 4.91 Å². The summed E-state index contributed by atoms with van der Waals surface area (Å²) in [7, 11) is 0. The van der Waals surface area contributed by atoms with E-state index in [0.29, 0.717) is 0 Å². The molecule has 0 saturated heterocycles. The van der Waals surface area contributed by atoms with Gasteiger partial charge in [-0.25, -0.2) is 0 Å². The van der Waals surface area contributed by atoms with Gasteiger partial charge in [-0.15, -0.1) is 0 Å². The van der Waals surface area contributed by atoms with Crippen LogP contribution in [0.25, 0.3) is 0 Å². The van der Waals surface area contributed by atoms with E-state index < -0.39 is 0 Å². The second kappa shape index (κ2) is 119. The summed E-state index contributed by atoms with van der Waals surface area (Å²) in [6, 6.07) is 0. The number of hydrogen-bond donors (Lipinski definition) is 4. The zero-order valence-corrected chi connectivity index (χ0v) is 3.85. The van der Waals surface area contributed by atoms with Gasteiger partial charge in [0.25, 0.3) is 0 Å². The van der Waals surface area contributed by atoms with Crippen molar-refractivity contribution in [3.63, 3.8) is 0 Å². The predicted molar refractivity (Wildman–Crippen MR) is 15.9 cm³/mol. The first-order valence-electron chi connectivity index (χ1n) is 0.781. The molecule has 0 amide bonds. The van der Waals surface area contributed by atoms with E-state index >= 15 is 0 Å². The smallest absolute Gasteiger partial charge is 0.211 e. The Balaban J connectivity index is -0.0000000275. The maximum absolute atomic E-state index is 5.50. The van der Waals surface area contributed by atoms with E-state index in [1.54, 1.807) is 0 Å². The molecule has 0 rings (SSSR count). The minimum Gasteiger partial charge on any atom is -0.274 e. The number of rotatable bonds is 0. The van der Waals surface area contributed by atoms with Crippen LogP contribution in [-0.2, 0) is 17.1 Å². The summed E-state index contributed by atoms with van der Waals surface area (Å²) in [6.07, 6.45) is 0. The molecule has 41 valence electrons. The van der Waals surface area contributed by atoms with Gasteiger partial charge in [0, 0.05) is 17.1 Å². The van der Waals surface area contributed by atoms with Crippen molar-refractivity contribution in [2.45, 2.75) is 0 Å². The fourth-order valence-electron chi connectivity index (χ4n) is 0. The van der Waals surface area contributed by atoms with Crippen molar-refractivity contribution in [1.82, 2.24) is 4.91 Å². The van der Waals surface area contributed by atoms with Crippen LogP contribution < -0.4 is 16.6 Å². The van der Waals surface area contributed by atoms with E-state index in [2.05, 4.69) is 11.7 Å². The Labute approximate surface area is 45.5 Å². The molecule has 0 aromatic rings. The Morgan fingerprint density at radius 1 is 1.17 bits per heavy atom. The minimum absolute atomic E-state index is 0. The molecule has 0 heterocycles. The largest absolute Gasteiger partial charge is 0.274 e. The summed E-state index contributed by atoms with van der Waals surface area (Å²) in [5, 5.41) is 0. The van der Waals surface area contributed by atoms with Crippen LogP contribution in [0.4, 0.5) is 0 Å². The third kappa shape index (κ3) is 452. The summed E-state index contributed by atoms with van der Waals surface area (Å²) in [6.45, 7) is 0. The maximum atomic E-state index is 5.50. The molecule has 0 aliphatic heterocycles. The summed E-state index contributed by atoms with van der Waals surface area (Å²) < 4.78 is 0. The molecule has 0 spiro atoms. The molecule has 0 fully saturated rings. The molecular weight excluding hydrogens is 134 g/mol. The Hall–Kier alpha value is -0.251. The van der Waals surface area contributed by atoms with Crippen molar-refractivity contribution in [3.8, 4) is 0 Å². The van der Waals surface area contributed by atoms with Crippen LogP contribution in [0.5, 0.6) is 0 Å². The third-order valence-electron chi connectivity index (χ3n) is 0. The molecule has 5 nitrogen and oxygen atoms in total. The first-order valence-corrected chi connectivity index (χ1v) is 0.781. The van der Waals surface area contributed by atoms with Crippen LogP contribution in [0.3, 0.4) is 0 Å². The van der Waals surface area contributed by atoms with E-state index in [-0.39, 0.29) is 17.1 Å². The number of nitrogens with zero attached hydrogens (tertiary/aromatic N) is 1. The Bertz CT molecular complexity index is 24.9. The van der Waals surface area contributed by atoms with Crippen molar-refractivity contribution in [3.05, 3.63) is 0 Å². The minimum atomic E-state index is 0. The van der Waals surface area contributed by atoms with Crippen LogP contribution in [0.2, 0.25) is 0 Å². The monoisotopic (exact) mass is 139 g/mol. The summed E-state index contributed by atoms with van der Waals surface area (Å²) >= 11 is 0. The Morgan fingerprint density at radius 3 is 1.17 bits per heavy atom. The second-order valence-electron chi connectivity index (χ2n) is 0.112. The summed E-state index contributed by atoms with van der Waals surface area (Å²) in [4.78, 5) is 2.00. The van der Waals surface area contributed by atoms with Crippen LogP contribution in [0.15, 0.2) is 0 Å². The number of nitrogens with two attached hydrogens (primary N) is 2. The van der Waals surface area contributed by atoms with Crippen molar-refractivity contribution in [2.75, 3.05) is 0 Å². The molecule has 0 aromatic heterocycles. The van der Waals surface area contributed by atoms with E-state index in [0.717, 1.165) is 0 Å². The van der Waals surface area contributed by atoms with Crippen LogP contribution >= 0.6 is 0 Å². The topological polar surface area (TPSA) is 114 Å². The van der Waals surface area contributed by atoms with Gasteiger partial charge in [-0.3, -0.25) is 11.7 Å². The second-order valence-corrected chi connectivity index (χ2v) is 0.112. The van der Waals surface area contributed by atoms with Crippen molar-refractivity contribution >= 4 is 0 Å². The van der Waals surface area contributed by atoms with Crippen molar-refractivity contribution in [1.29, 1.82) is 11.1 Å². The first kappa shape index (κ1) is 17.2. The maximum Gasteiger partial charge on any atom is 0.211 e. The SMILES string of the molecule is N=[N+]=N.NN.[Cu]. The number of nitrogens with one attached hydrogen (secondary N) is 2. The zero-order valence-electron chi connectivity index (χ0n) is 2.90. The van der Waals surface area contributed by atoms with E-state index in [1.165, 1.54) is 0 Å². The molecule has 0 aliphatic carbocycles. The van der Waals surface area contributed by atoms with Crippen LogP contribution in [0, 0.1) is 11.1 Å². The predicted octanol–water partition coefficient (Wildman–Crippen LogP) is -1.07. The van der Waals surface area contributed by atoms with E-state index in [1.807, 2.05) is 4.91 Å². The molecular formula is H6CuN5+. The fraction of sp³-hybridized carbons (Fsp3) is 0. The molecule has 0 aliphatic rings. The number of hydrazine groups is 1. The number of hydrogen-bond acceptors (Lipinski definition) is 4. The van der Waals surface area contributed by atoms with Gasteiger partial charge >= 0.3 is 0 Å². The van der Waals surface area contributed by atoms with Gasteiger partial charge in [0.1, 0.15) is 11.1 Å². The molecule has 0 unspecified atom stereocenters. The van der Waals surface area contributed by atoms with E-state index in [9.17, 15) is 0 Å². The average molecular weight is 140 g/mol. The quantitative estimate of drug-likeness (QED) is 0.113. The van der Waals surface area contributed by atoms with Gasteiger partial charge in [-0.1, -0.05) is 0 Å². The molecule has 0 bridgehead atoms. The normalized spacial score (nSPS) is 2.33. The molecule has 6 N–H and O–H groups in total. The standard InChI is InChI=1S/Cu.H2N3.H4N2/c;1-3-2;1-2/h;1-2H;1-2H2/q;+1;. The third-order valence-corrected chi connectivity index (χ3v) is 0. The van der Waals surface area contributed by atoms with Crippen molar-refractivity contribution < 1.29 is 17.1 Å². The molecule has 6 heteroatoms. The van der Waals surface area contributed by atoms with Gasteiger partial charge in [0.05, 0.1) is 0 Å². The first-order chi connectivity index (χ1) is 2.41. The molecule has 1 radical (unpaired) electrons. The van der Waals surface area contributed by atoms with Crippen LogP contribution in [0.1, 0.15) is 0 Å². The molecule has 0 aromatic carbocycles. The fourth-order valence-corrected chi connectivity index (χ4v) is 0. The van der Waals surface area contributed by atoms with Gasteiger partial charge in [0.15, 0.2) is 0 Å². The van der Waals surface area contributed by atoms with E-state index in [4.69, 9.17) is 11.1 Å². The molecule has 6 heavy (non-hydrogen) atoms. The molecule has 0 atom stereocenters. The Kier molecular flexibility index (Phi) is 340. The average Bonchev–Trinajstić information content (AvgIpc) is 1.46. The Morgan fingerprint density at radius 2 is 1.17 bits per heavy atom. The van der Waals surface area contributed by atoms with Gasteiger partial charge < -0.3 is 0 Å².